The molecule has 0 amide bonds. The summed E-state index contributed by atoms with van der Waals surface area (Å²) in [6, 6.07) is 2.91. The van der Waals surface area contributed by atoms with Crippen LogP contribution in [-0.2, 0) is 10.0 Å². The number of hydrogen-bond acceptors (Lipinski definition) is 3. The fourth-order valence-corrected chi connectivity index (χ4v) is 2.63. The topological polar surface area (TPSA) is 59.1 Å². The second kappa shape index (κ2) is 5.44. The Morgan fingerprint density at radius 1 is 1.60 bits per heavy atom. The average molecular weight is 249 g/mol. The number of sulfonamides is 1. The Balaban J connectivity index is 2.77. The molecular formula is C9H13ClN2O2S. The molecule has 0 saturated carbocycles. The van der Waals surface area contributed by atoms with Crippen LogP contribution in [0.15, 0.2) is 29.4 Å². The monoisotopic (exact) mass is 248 g/mol. The summed E-state index contributed by atoms with van der Waals surface area (Å²) < 4.78 is 26.0. The van der Waals surface area contributed by atoms with E-state index in [1.807, 2.05) is 0 Å². The van der Waals surface area contributed by atoms with Crippen molar-refractivity contribution < 1.29 is 8.42 Å². The molecule has 0 bridgehead atoms. The molecule has 0 aliphatic rings. The first-order valence-corrected chi connectivity index (χ1v) is 6.56. The van der Waals surface area contributed by atoms with E-state index in [9.17, 15) is 8.42 Å². The summed E-state index contributed by atoms with van der Waals surface area (Å²) in [5.41, 5.74) is 0. The lowest BCUT2D eigenvalue weighted by molar-refractivity contribution is 0.556. The van der Waals surface area contributed by atoms with Crippen LogP contribution in [0.1, 0.15) is 13.3 Å². The van der Waals surface area contributed by atoms with Crippen LogP contribution >= 0.6 is 11.6 Å². The average Bonchev–Trinajstić information content (AvgIpc) is 2.18. The van der Waals surface area contributed by atoms with Crippen molar-refractivity contribution in [2.75, 3.05) is 5.88 Å². The van der Waals surface area contributed by atoms with Gasteiger partial charge in [0, 0.05) is 24.3 Å². The summed E-state index contributed by atoms with van der Waals surface area (Å²) in [7, 11) is -3.45. The van der Waals surface area contributed by atoms with E-state index >= 15 is 0 Å². The van der Waals surface area contributed by atoms with Gasteiger partial charge in [-0.3, -0.25) is 4.98 Å². The maximum Gasteiger partial charge on any atom is 0.242 e. The van der Waals surface area contributed by atoms with Crippen molar-refractivity contribution in [1.29, 1.82) is 0 Å². The van der Waals surface area contributed by atoms with E-state index in [4.69, 9.17) is 11.6 Å². The summed E-state index contributed by atoms with van der Waals surface area (Å²) in [4.78, 5) is 3.93. The van der Waals surface area contributed by atoms with Crippen LogP contribution in [0.25, 0.3) is 0 Å². The first-order valence-electron chi connectivity index (χ1n) is 4.54. The summed E-state index contributed by atoms with van der Waals surface area (Å²) in [6.07, 6.45) is 3.44. The molecule has 0 aliphatic heterocycles. The van der Waals surface area contributed by atoms with Crippen LogP contribution in [0.3, 0.4) is 0 Å². The van der Waals surface area contributed by atoms with Crippen molar-refractivity contribution in [2.24, 2.45) is 0 Å². The second-order valence-electron chi connectivity index (χ2n) is 3.19. The Hall–Kier alpha value is -0.650. The lowest BCUT2D eigenvalue weighted by Gasteiger charge is -2.12. The fraction of sp³-hybridized carbons (Fsp3) is 0.444. The summed E-state index contributed by atoms with van der Waals surface area (Å²) in [6.45, 7) is 1.77. The van der Waals surface area contributed by atoms with Gasteiger partial charge in [0.25, 0.3) is 0 Å². The predicted octanol–water partition coefficient (Wildman–Crippen LogP) is 1.38. The number of nitrogens with zero attached hydrogens (tertiary/aromatic N) is 1. The standard InChI is InChI=1S/C9H13ClN2O2S/c1-8(4-5-10)12-15(13,14)9-3-2-6-11-7-9/h2-3,6-8,12H,4-5H2,1H3. The third-order valence-corrected chi connectivity index (χ3v) is 3.64. The summed E-state index contributed by atoms with van der Waals surface area (Å²) in [5.74, 6) is 0.427. The molecule has 1 aromatic rings. The molecule has 1 unspecified atom stereocenters. The van der Waals surface area contributed by atoms with Crippen LogP contribution in [0, 0.1) is 0 Å². The van der Waals surface area contributed by atoms with Gasteiger partial charge in [0.05, 0.1) is 0 Å². The fourth-order valence-electron chi connectivity index (χ4n) is 1.06. The molecule has 1 atom stereocenters. The van der Waals surface area contributed by atoms with Crippen molar-refractivity contribution in [3.8, 4) is 0 Å². The SMILES string of the molecule is CC(CCCl)NS(=O)(=O)c1cccnc1. The zero-order valence-corrected chi connectivity index (χ0v) is 9.92. The van der Waals surface area contributed by atoms with E-state index in [1.54, 1.807) is 13.0 Å². The molecule has 0 fully saturated rings. The Bertz CT molecular complexity index is 394. The van der Waals surface area contributed by atoms with E-state index in [0.717, 1.165) is 0 Å². The van der Waals surface area contributed by atoms with E-state index < -0.39 is 10.0 Å². The minimum atomic E-state index is -3.45. The van der Waals surface area contributed by atoms with Crippen LogP contribution in [0.2, 0.25) is 0 Å². The highest BCUT2D eigenvalue weighted by molar-refractivity contribution is 7.89. The lowest BCUT2D eigenvalue weighted by atomic mass is 10.3. The van der Waals surface area contributed by atoms with Gasteiger partial charge in [-0.15, -0.1) is 11.6 Å². The highest BCUT2D eigenvalue weighted by atomic mass is 35.5. The maximum atomic E-state index is 11.7. The van der Waals surface area contributed by atoms with E-state index in [2.05, 4.69) is 9.71 Å². The van der Waals surface area contributed by atoms with Gasteiger partial charge in [-0.05, 0) is 25.5 Å². The van der Waals surface area contributed by atoms with E-state index in [-0.39, 0.29) is 10.9 Å². The molecule has 4 nitrogen and oxygen atoms in total. The third kappa shape index (κ3) is 3.77. The lowest BCUT2D eigenvalue weighted by Crippen LogP contribution is -2.32. The van der Waals surface area contributed by atoms with Gasteiger partial charge in [-0.2, -0.15) is 0 Å². The molecule has 1 N–H and O–H groups in total. The molecule has 0 radical (unpaired) electrons. The van der Waals surface area contributed by atoms with Gasteiger partial charge in [-0.25, -0.2) is 13.1 Å². The number of alkyl halides is 1. The minimum absolute atomic E-state index is 0.173. The first kappa shape index (κ1) is 12.4. The zero-order chi connectivity index (χ0) is 11.3. The molecule has 0 spiro atoms. The predicted molar refractivity (Wildman–Crippen MR) is 59.4 cm³/mol. The van der Waals surface area contributed by atoms with Crippen LogP contribution in [0.5, 0.6) is 0 Å². The molecule has 1 aromatic heterocycles. The van der Waals surface area contributed by atoms with Crippen molar-refractivity contribution in [1.82, 2.24) is 9.71 Å². The molecule has 6 heteroatoms. The molecular weight excluding hydrogens is 236 g/mol. The van der Waals surface area contributed by atoms with Crippen LogP contribution in [0.4, 0.5) is 0 Å². The molecule has 1 rings (SSSR count). The van der Waals surface area contributed by atoms with Gasteiger partial charge in [0.1, 0.15) is 4.90 Å². The second-order valence-corrected chi connectivity index (χ2v) is 5.28. The number of aromatic nitrogens is 1. The van der Waals surface area contributed by atoms with Gasteiger partial charge in [0.15, 0.2) is 0 Å². The number of nitrogens with one attached hydrogen (secondary N) is 1. The summed E-state index contributed by atoms with van der Waals surface area (Å²) >= 11 is 5.52. The van der Waals surface area contributed by atoms with Gasteiger partial charge < -0.3 is 0 Å². The van der Waals surface area contributed by atoms with Crippen molar-refractivity contribution in [3.05, 3.63) is 24.5 Å². The number of pyridine rings is 1. The molecule has 84 valence electrons. The number of hydrogen-bond donors (Lipinski definition) is 1. The highest BCUT2D eigenvalue weighted by Crippen LogP contribution is 2.07. The largest absolute Gasteiger partial charge is 0.263 e. The smallest absolute Gasteiger partial charge is 0.242 e. The normalized spacial score (nSPS) is 13.7. The molecule has 0 aromatic carbocycles. The zero-order valence-electron chi connectivity index (χ0n) is 8.35. The Kier molecular flexibility index (Phi) is 4.50. The van der Waals surface area contributed by atoms with Crippen molar-refractivity contribution >= 4 is 21.6 Å². The number of rotatable bonds is 5. The summed E-state index contributed by atoms with van der Waals surface area (Å²) in [5, 5.41) is 0. The third-order valence-electron chi connectivity index (χ3n) is 1.84. The van der Waals surface area contributed by atoms with E-state index in [1.165, 1.54) is 18.5 Å². The maximum absolute atomic E-state index is 11.7. The molecule has 0 saturated heterocycles. The van der Waals surface area contributed by atoms with Crippen molar-refractivity contribution in [3.63, 3.8) is 0 Å². The highest BCUT2D eigenvalue weighted by Gasteiger charge is 2.16. The van der Waals surface area contributed by atoms with Crippen molar-refractivity contribution in [2.45, 2.75) is 24.3 Å². The number of halogens is 1. The quantitative estimate of drug-likeness (QED) is 0.801. The van der Waals surface area contributed by atoms with Crippen LogP contribution < -0.4 is 4.72 Å². The van der Waals surface area contributed by atoms with Gasteiger partial charge in [-0.1, -0.05) is 0 Å². The first-order chi connectivity index (χ1) is 7.06. The van der Waals surface area contributed by atoms with E-state index in [0.29, 0.717) is 12.3 Å². The molecule has 0 aliphatic carbocycles. The molecule has 1 heterocycles. The molecule has 15 heavy (non-hydrogen) atoms. The van der Waals surface area contributed by atoms with Crippen LogP contribution in [-0.4, -0.2) is 25.3 Å². The minimum Gasteiger partial charge on any atom is -0.263 e. The Morgan fingerprint density at radius 3 is 2.87 bits per heavy atom. The van der Waals surface area contributed by atoms with Gasteiger partial charge >= 0.3 is 0 Å². The Morgan fingerprint density at radius 2 is 2.33 bits per heavy atom. The Labute approximate surface area is 94.7 Å². The van der Waals surface area contributed by atoms with Gasteiger partial charge in [0.2, 0.25) is 10.0 Å².